The summed E-state index contributed by atoms with van der Waals surface area (Å²) in [5.41, 5.74) is 5.56. The Hall–Kier alpha value is -0.620. The van der Waals surface area contributed by atoms with Crippen molar-refractivity contribution in [2.24, 2.45) is 5.73 Å². The number of sulfone groups is 1. The van der Waals surface area contributed by atoms with Crippen molar-refractivity contribution >= 4 is 15.8 Å². The number of rotatable bonds is 5. The fourth-order valence-electron chi connectivity index (χ4n) is 1.72. The third-order valence-corrected chi connectivity index (χ3v) is 3.66. The summed E-state index contributed by atoms with van der Waals surface area (Å²) in [6, 6.07) is -0.824. The SMILES string of the molecule is CS(=O)(=O)CCC(N)C(=O)OC1CCCC1. The molecule has 1 fully saturated rings. The third-order valence-electron chi connectivity index (χ3n) is 2.69. The van der Waals surface area contributed by atoms with Gasteiger partial charge in [0.2, 0.25) is 0 Å². The van der Waals surface area contributed by atoms with Gasteiger partial charge >= 0.3 is 5.97 Å². The molecule has 1 aliphatic carbocycles. The molecule has 1 unspecified atom stereocenters. The fraction of sp³-hybridized carbons (Fsp3) is 0.900. The third kappa shape index (κ3) is 4.94. The summed E-state index contributed by atoms with van der Waals surface area (Å²) in [5.74, 6) is -0.552. The first-order chi connectivity index (χ1) is 7.38. The van der Waals surface area contributed by atoms with Crippen molar-refractivity contribution in [3.63, 3.8) is 0 Å². The summed E-state index contributed by atoms with van der Waals surface area (Å²) in [6.45, 7) is 0. The molecule has 16 heavy (non-hydrogen) atoms. The Kier molecular flexibility index (Phi) is 4.73. The van der Waals surface area contributed by atoms with Crippen LogP contribution in [-0.4, -0.2) is 38.5 Å². The molecule has 0 aromatic carbocycles. The first kappa shape index (κ1) is 13.4. The van der Waals surface area contributed by atoms with Gasteiger partial charge in [0.05, 0.1) is 5.75 Å². The van der Waals surface area contributed by atoms with Crippen LogP contribution in [0.25, 0.3) is 0 Å². The molecular weight excluding hydrogens is 230 g/mol. The van der Waals surface area contributed by atoms with Crippen molar-refractivity contribution in [1.82, 2.24) is 0 Å². The molecule has 94 valence electrons. The highest BCUT2D eigenvalue weighted by Gasteiger charge is 2.23. The van der Waals surface area contributed by atoms with Crippen LogP contribution in [0.3, 0.4) is 0 Å². The molecule has 0 aliphatic heterocycles. The van der Waals surface area contributed by atoms with E-state index in [1.807, 2.05) is 0 Å². The summed E-state index contributed by atoms with van der Waals surface area (Å²) in [6.07, 6.45) is 5.19. The van der Waals surface area contributed by atoms with Gasteiger partial charge in [-0.2, -0.15) is 0 Å². The van der Waals surface area contributed by atoms with E-state index in [0.29, 0.717) is 0 Å². The fourth-order valence-corrected chi connectivity index (χ4v) is 2.40. The van der Waals surface area contributed by atoms with Crippen molar-refractivity contribution < 1.29 is 17.9 Å². The van der Waals surface area contributed by atoms with Gasteiger partial charge in [0.25, 0.3) is 0 Å². The molecule has 0 radical (unpaired) electrons. The van der Waals surface area contributed by atoms with E-state index in [0.717, 1.165) is 31.9 Å². The normalized spacial score (nSPS) is 19.6. The summed E-state index contributed by atoms with van der Waals surface area (Å²) in [5, 5.41) is 0. The number of hydrogen-bond donors (Lipinski definition) is 1. The van der Waals surface area contributed by atoms with Crippen LogP contribution in [0, 0.1) is 0 Å². The minimum absolute atomic E-state index is 0.0169. The van der Waals surface area contributed by atoms with Gasteiger partial charge in [-0.25, -0.2) is 8.42 Å². The van der Waals surface area contributed by atoms with E-state index in [-0.39, 0.29) is 18.3 Å². The largest absolute Gasteiger partial charge is 0.461 e. The van der Waals surface area contributed by atoms with E-state index in [1.54, 1.807) is 0 Å². The van der Waals surface area contributed by atoms with Gasteiger partial charge in [-0.15, -0.1) is 0 Å². The van der Waals surface area contributed by atoms with Gasteiger partial charge in [-0.1, -0.05) is 0 Å². The first-order valence-electron chi connectivity index (χ1n) is 5.52. The molecule has 1 rings (SSSR count). The minimum Gasteiger partial charge on any atom is -0.461 e. The highest BCUT2D eigenvalue weighted by atomic mass is 32.2. The van der Waals surface area contributed by atoms with Crippen molar-refractivity contribution in [1.29, 1.82) is 0 Å². The molecular formula is C10H19NO4S. The summed E-state index contributed by atoms with van der Waals surface area (Å²) in [4.78, 5) is 11.5. The molecule has 0 saturated heterocycles. The minimum atomic E-state index is -3.07. The lowest BCUT2D eigenvalue weighted by Gasteiger charge is -2.15. The lowest BCUT2D eigenvalue weighted by molar-refractivity contribution is -0.150. The number of nitrogens with two attached hydrogens (primary N) is 1. The van der Waals surface area contributed by atoms with E-state index in [2.05, 4.69) is 0 Å². The van der Waals surface area contributed by atoms with Gasteiger partial charge in [0.1, 0.15) is 22.0 Å². The monoisotopic (exact) mass is 249 g/mol. The maximum Gasteiger partial charge on any atom is 0.323 e. The number of esters is 1. The lowest BCUT2D eigenvalue weighted by Crippen LogP contribution is -2.36. The second-order valence-electron chi connectivity index (χ2n) is 4.37. The smallest absolute Gasteiger partial charge is 0.323 e. The Balaban J connectivity index is 2.29. The molecule has 0 spiro atoms. The van der Waals surface area contributed by atoms with Crippen LogP contribution in [0.15, 0.2) is 0 Å². The average Bonchev–Trinajstić information content (AvgIpc) is 2.65. The van der Waals surface area contributed by atoms with Crippen molar-refractivity contribution in [3.05, 3.63) is 0 Å². The molecule has 5 nitrogen and oxygen atoms in total. The quantitative estimate of drug-likeness (QED) is 0.705. The summed E-state index contributed by atoms with van der Waals surface area (Å²) in [7, 11) is -3.07. The lowest BCUT2D eigenvalue weighted by atomic mass is 10.2. The van der Waals surface area contributed by atoms with E-state index in [4.69, 9.17) is 10.5 Å². The Morgan fingerprint density at radius 2 is 2.00 bits per heavy atom. The molecule has 1 saturated carbocycles. The Labute approximate surface area is 96.3 Å². The van der Waals surface area contributed by atoms with Crippen LogP contribution in [0.1, 0.15) is 32.1 Å². The van der Waals surface area contributed by atoms with Gasteiger partial charge in [-0.3, -0.25) is 4.79 Å². The maximum absolute atomic E-state index is 11.5. The van der Waals surface area contributed by atoms with E-state index in [9.17, 15) is 13.2 Å². The van der Waals surface area contributed by atoms with Crippen molar-refractivity contribution in [2.75, 3.05) is 12.0 Å². The van der Waals surface area contributed by atoms with Crippen LogP contribution in [0.4, 0.5) is 0 Å². The molecule has 6 heteroatoms. The predicted octanol–water partition coefficient (Wildman–Crippen LogP) is 0.234. The van der Waals surface area contributed by atoms with Gasteiger partial charge in [0, 0.05) is 6.26 Å². The Bertz CT molecular complexity index is 333. The van der Waals surface area contributed by atoms with E-state index < -0.39 is 21.8 Å². The highest BCUT2D eigenvalue weighted by Crippen LogP contribution is 2.21. The zero-order valence-electron chi connectivity index (χ0n) is 9.52. The zero-order chi connectivity index (χ0) is 12.2. The Morgan fingerprint density at radius 1 is 1.44 bits per heavy atom. The molecule has 2 N–H and O–H groups in total. The molecule has 0 bridgehead atoms. The zero-order valence-corrected chi connectivity index (χ0v) is 10.3. The maximum atomic E-state index is 11.5. The van der Waals surface area contributed by atoms with Crippen LogP contribution < -0.4 is 5.73 Å². The molecule has 0 heterocycles. The molecule has 0 amide bonds. The molecule has 0 aromatic rings. The number of ether oxygens (including phenoxy) is 1. The topological polar surface area (TPSA) is 86.5 Å². The van der Waals surface area contributed by atoms with Crippen molar-refractivity contribution in [3.8, 4) is 0 Å². The second-order valence-corrected chi connectivity index (χ2v) is 6.63. The number of carbonyl (C=O) groups excluding carboxylic acids is 1. The molecule has 1 aliphatic rings. The van der Waals surface area contributed by atoms with Gasteiger partial charge in [-0.05, 0) is 32.1 Å². The number of hydrogen-bond acceptors (Lipinski definition) is 5. The summed E-state index contributed by atoms with van der Waals surface area (Å²) < 4.78 is 27.0. The standard InChI is InChI=1S/C10H19NO4S/c1-16(13,14)7-6-9(11)10(12)15-8-4-2-3-5-8/h8-9H,2-7,11H2,1H3. The van der Waals surface area contributed by atoms with Gasteiger partial charge < -0.3 is 10.5 Å². The predicted molar refractivity (Wildman–Crippen MR) is 60.7 cm³/mol. The first-order valence-corrected chi connectivity index (χ1v) is 7.58. The number of carbonyl (C=O) groups is 1. The average molecular weight is 249 g/mol. The summed E-state index contributed by atoms with van der Waals surface area (Å²) >= 11 is 0. The van der Waals surface area contributed by atoms with E-state index in [1.165, 1.54) is 0 Å². The molecule has 1 atom stereocenters. The van der Waals surface area contributed by atoms with Crippen LogP contribution in [0.2, 0.25) is 0 Å². The highest BCUT2D eigenvalue weighted by molar-refractivity contribution is 7.90. The second kappa shape index (κ2) is 5.63. The van der Waals surface area contributed by atoms with Crippen LogP contribution in [-0.2, 0) is 19.4 Å². The van der Waals surface area contributed by atoms with Crippen LogP contribution >= 0.6 is 0 Å². The van der Waals surface area contributed by atoms with E-state index >= 15 is 0 Å². The van der Waals surface area contributed by atoms with Gasteiger partial charge in [0.15, 0.2) is 0 Å². The van der Waals surface area contributed by atoms with Crippen LogP contribution in [0.5, 0.6) is 0 Å². The molecule has 0 aromatic heterocycles. The van der Waals surface area contributed by atoms with Crippen molar-refractivity contribution in [2.45, 2.75) is 44.2 Å². The Morgan fingerprint density at radius 3 is 2.50 bits per heavy atom.